The van der Waals surface area contributed by atoms with Crippen molar-refractivity contribution in [3.63, 3.8) is 0 Å². The minimum atomic E-state index is -1.56. The highest BCUT2D eigenvalue weighted by Crippen LogP contribution is 2.23. The molecule has 0 radical (unpaired) electrons. The average Bonchev–Trinajstić information content (AvgIpc) is 3.27. The molecule has 0 spiro atoms. The van der Waals surface area contributed by atoms with Gasteiger partial charge in [0.15, 0.2) is 6.29 Å². The molecule has 0 bridgehead atoms. The number of carbonyl (C=O) groups is 1. The molecule has 6 N–H and O–H groups in total. The van der Waals surface area contributed by atoms with Gasteiger partial charge in [-0.3, -0.25) is 4.79 Å². The van der Waals surface area contributed by atoms with E-state index in [1.54, 1.807) is 6.08 Å². The van der Waals surface area contributed by atoms with E-state index in [9.17, 15) is 30.3 Å². The molecule has 0 saturated carbocycles. The second-order valence-corrected chi connectivity index (χ2v) is 19.0. The molecule has 0 aliphatic carbocycles. The van der Waals surface area contributed by atoms with Gasteiger partial charge in [0.25, 0.3) is 0 Å². The van der Waals surface area contributed by atoms with Gasteiger partial charge in [-0.2, -0.15) is 0 Å². The third-order valence-corrected chi connectivity index (χ3v) is 13.1. The maximum atomic E-state index is 13.0. The number of unbranched alkanes of at least 4 members (excludes halogenated alkanes) is 36. The van der Waals surface area contributed by atoms with Crippen LogP contribution in [0.1, 0.15) is 264 Å². The fourth-order valence-corrected chi connectivity index (χ4v) is 8.81. The Morgan fingerprint density at radius 2 is 0.887 bits per heavy atom. The van der Waals surface area contributed by atoms with E-state index < -0.39 is 49.5 Å². The van der Waals surface area contributed by atoms with Crippen LogP contribution < -0.4 is 5.32 Å². The fraction of sp³-hybridized carbons (Fsp3) is 0.943. The van der Waals surface area contributed by atoms with Crippen LogP contribution in [0.15, 0.2) is 12.2 Å². The highest BCUT2D eigenvalue weighted by atomic mass is 16.7. The molecule has 0 aromatic heterocycles. The Morgan fingerprint density at radius 1 is 0.532 bits per heavy atom. The topological polar surface area (TPSA) is 149 Å². The lowest BCUT2D eigenvalue weighted by Crippen LogP contribution is -2.60. The average molecular weight is 882 g/mol. The summed E-state index contributed by atoms with van der Waals surface area (Å²) in [5.41, 5.74) is 0. The first-order chi connectivity index (χ1) is 30.3. The number of nitrogens with one attached hydrogen (secondary N) is 1. The Hall–Kier alpha value is -1.07. The van der Waals surface area contributed by atoms with Crippen molar-refractivity contribution < 1.29 is 39.8 Å². The molecule has 1 saturated heterocycles. The van der Waals surface area contributed by atoms with Crippen molar-refractivity contribution in [2.24, 2.45) is 0 Å². The van der Waals surface area contributed by atoms with E-state index in [0.29, 0.717) is 6.42 Å². The van der Waals surface area contributed by atoms with E-state index in [1.807, 2.05) is 6.08 Å². The normalized spacial score (nSPS) is 20.3. The predicted molar refractivity (Wildman–Crippen MR) is 258 cm³/mol. The molecule has 0 aromatic rings. The third-order valence-electron chi connectivity index (χ3n) is 13.1. The summed E-state index contributed by atoms with van der Waals surface area (Å²) in [5, 5.41) is 54.4. The molecular formula is C53H103NO8. The van der Waals surface area contributed by atoms with Crippen LogP contribution in [0.3, 0.4) is 0 Å². The second kappa shape index (κ2) is 43.8. The zero-order chi connectivity index (χ0) is 45.1. The van der Waals surface area contributed by atoms with Crippen molar-refractivity contribution in [1.29, 1.82) is 0 Å². The maximum Gasteiger partial charge on any atom is 0.220 e. The highest BCUT2D eigenvalue weighted by molar-refractivity contribution is 5.76. The van der Waals surface area contributed by atoms with Crippen molar-refractivity contribution in [1.82, 2.24) is 5.32 Å². The molecule has 7 unspecified atom stereocenters. The first-order valence-corrected chi connectivity index (χ1v) is 26.9. The largest absolute Gasteiger partial charge is 0.394 e. The molecule has 1 amide bonds. The van der Waals surface area contributed by atoms with Gasteiger partial charge in [0.1, 0.15) is 24.4 Å². The van der Waals surface area contributed by atoms with Gasteiger partial charge in [0.05, 0.1) is 25.4 Å². The molecule has 1 rings (SSSR count). The Labute approximate surface area is 382 Å². The summed E-state index contributed by atoms with van der Waals surface area (Å²) in [7, 11) is 0. The number of aliphatic hydroxyl groups excluding tert-OH is 5. The third kappa shape index (κ3) is 33.4. The summed E-state index contributed by atoms with van der Waals surface area (Å²) in [6.07, 6.45) is 45.5. The zero-order valence-corrected chi connectivity index (χ0v) is 40.6. The summed E-state index contributed by atoms with van der Waals surface area (Å²) in [5.74, 6) is -0.171. The molecule has 62 heavy (non-hydrogen) atoms. The number of rotatable bonds is 46. The van der Waals surface area contributed by atoms with Gasteiger partial charge >= 0.3 is 0 Å². The van der Waals surface area contributed by atoms with Crippen LogP contribution in [-0.2, 0) is 14.3 Å². The lowest BCUT2D eigenvalue weighted by Gasteiger charge is -2.40. The van der Waals surface area contributed by atoms with Crippen molar-refractivity contribution in [3.8, 4) is 0 Å². The predicted octanol–water partition coefficient (Wildman–Crippen LogP) is 12.5. The number of hydrogen-bond donors (Lipinski definition) is 6. The Balaban J connectivity index is 2.22. The van der Waals surface area contributed by atoms with Crippen LogP contribution in [0.4, 0.5) is 0 Å². The summed E-state index contributed by atoms with van der Waals surface area (Å²) in [4.78, 5) is 13.0. The van der Waals surface area contributed by atoms with Crippen LogP contribution in [0.5, 0.6) is 0 Å². The van der Waals surface area contributed by atoms with Gasteiger partial charge in [-0.25, -0.2) is 0 Å². The summed E-state index contributed by atoms with van der Waals surface area (Å²) in [6.45, 7) is 3.81. The number of hydrogen-bond acceptors (Lipinski definition) is 8. The van der Waals surface area contributed by atoms with Crippen LogP contribution in [0, 0.1) is 0 Å². The molecule has 7 atom stereocenters. The van der Waals surface area contributed by atoms with Crippen molar-refractivity contribution >= 4 is 5.91 Å². The minimum absolute atomic E-state index is 0.171. The second-order valence-electron chi connectivity index (χ2n) is 19.0. The van der Waals surface area contributed by atoms with Gasteiger partial charge in [-0.1, -0.05) is 251 Å². The van der Waals surface area contributed by atoms with Gasteiger partial charge in [-0.15, -0.1) is 0 Å². The Morgan fingerprint density at radius 3 is 1.26 bits per heavy atom. The molecule has 1 aliphatic heterocycles. The van der Waals surface area contributed by atoms with Gasteiger partial charge < -0.3 is 40.3 Å². The molecule has 368 valence electrons. The SMILES string of the molecule is CCCCCCCCCCCCCCC/C=C/C(O)C(COC1OC(CO)C(O)C(O)C1O)NC(=O)CCCCCCCCCCCCCCCCCCCCCCCCCC. The summed E-state index contributed by atoms with van der Waals surface area (Å²) >= 11 is 0. The molecular weight excluding hydrogens is 779 g/mol. The summed E-state index contributed by atoms with van der Waals surface area (Å²) < 4.78 is 11.2. The van der Waals surface area contributed by atoms with Gasteiger partial charge in [0.2, 0.25) is 5.91 Å². The highest BCUT2D eigenvalue weighted by Gasteiger charge is 2.44. The number of ether oxygens (including phenoxy) is 2. The Bertz CT molecular complexity index is 981. The number of allylic oxidation sites excluding steroid dienone is 1. The minimum Gasteiger partial charge on any atom is -0.394 e. The van der Waals surface area contributed by atoms with E-state index >= 15 is 0 Å². The van der Waals surface area contributed by atoms with Gasteiger partial charge in [0, 0.05) is 6.42 Å². The molecule has 1 fully saturated rings. The fourth-order valence-electron chi connectivity index (χ4n) is 8.81. The van der Waals surface area contributed by atoms with Crippen LogP contribution in [0.25, 0.3) is 0 Å². The smallest absolute Gasteiger partial charge is 0.220 e. The van der Waals surface area contributed by atoms with Crippen molar-refractivity contribution in [2.45, 2.75) is 307 Å². The standard InChI is InChI=1S/C53H103NO8/c1-3-5-7-9-11-13-15-17-19-20-21-22-23-24-25-26-27-29-31-33-35-37-39-41-43-49(57)54-46(45-61-53-52(60)51(59)50(58)48(44-55)62-53)47(56)42-40-38-36-34-32-30-28-18-16-14-12-10-8-6-4-2/h40,42,46-48,50-53,55-56,58-60H,3-39,41,43-45H2,1-2H3,(H,54,57)/b42-40+. The number of carbonyl (C=O) groups excluding carboxylic acids is 1. The van der Waals surface area contributed by atoms with Crippen LogP contribution in [-0.4, -0.2) is 87.5 Å². The first-order valence-electron chi connectivity index (χ1n) is 26.9. The number of amides is 1. The zero-order valence-electron chi connectivity index (χ0n) is 40.6. The van der Waals surface area contributed by atoms with E-state index in [-0.39, 0.29) is 12.5 Å². The van der Waals surface area contributed by atoms with E-state index in [0.717, 1.165) is 38.5 Å². The van der Waals surface area contributed by atoms with E-state index in [1.165, 1.54) is 205 Å². The number of aliphatic hydroxyl groups is 5. The first kappa shape index (κ1) is 58.9. The van der Waals surface area contributed by atoms with E-state index in [4.69, 9.17) is 9.47 Å². The Kier molecular flexibility index (Phi) is 41.6. The van der Waals surface area contributed by atoms with E-state index in [2.05, 4.69) is 19.2 Å². The lowest BCUT2D eigenvalue weighted by molar-refractivity contribution is -0.302. The van der Waals surface area contributed by atoms with Crippen molar-refractivity contribution in [3.05, 3.63) is 12.2 Å². The molecule has 0 aromatic carbocycles. The summed E-state index contributed by atoms with van der Waals surface area (Å²) in [6, 6.07) is -0.799. The van der Waals surface area contributed by atoms with Crippen molar-refractivity contribution in [2.75, 3.05) is 13.2 Å². The maximum absolute atomic E-state index is 13.0. The molecule has 1 heterocycles. The molecule has 1 aliphatic rings. The van der Waals surface area contributed by atoms with Gasteiger partial charge in [-0.05, 0) is 19.3 Å². The quantitative estimate of drug-likeness (QED) is 0.0261. The monoisotopic (exact) mass is 882 g/mol. The van der Waals surface area contributed by atoms with Crippen LogP contribution in [0.2, 0.25) is 0 Å². The molecule has 9 nitrogen and oxygen atoms in total. The molecule has 9 heteroatoms. The van der Waals surface area contributed by atoms with Crippen LogP contribution >= 0.6 is 0 Å². The lowest BCUT2D eigenvalue weighted by atomic mass is 9.99.